The Balaban J connectivity index is 0.000000194. The summed E-state index contributed by atoms with van der Waals surface area (Å²) >= 11 is 32.5. The van der Waals surface area contributed by atoms with Crippen molar-refractivity contribution in [1.82, 2.24) is 19.1 Å². The molecule has 0 spiro atoms. The van der Waals surface area contributed by atoms with E-state index in [0.717, 1.165) is 28.1 Å². The van der Waals surface area contributed by atoms with E-state index >= 15 is 0 Å². The number of hydrogen-bond acceptors (Lipinski definition) is 6. The molecule has 13 heteroatoms. The molecule has 0 saturated heterocycles. The predicted octanol–water partition coefficient (Wildman–Crippen LogP) is 13.6. The fourth-order valence-corrected chi connectivity index (χ4v) is 7.51. The third-order valence-electron chi connectivity index (χ3n) is 8.41. The molecule has 0 amide bonds. The lowest BCUT2D eigenvalue weighted by molar-refractivity contribution is 0.0280. The van der Waals surface area contributed by atoms with Crippen molar-refractivity contribution in [2.24, 2.45) is 0 Å². The Bertz CT molecular complexity index is 2330. The van der Waals surface area contributed by atoms with Crippen LogP contribution in [0.2, 0.25) is 25.1 Å². The van der Waals surface area contributed by atoms with E-state index in [4.69, 9.17) is 72.2 Å². The molecule has 7 nitrogen and oxygen atoms in total. The summed E-state index contributed by atoms with van der Waals surface area (Å²) in [7, 11) is 0. The molecule has 0 aliphatic heterocycles. The smallest absolute Gasteiger partial charge is 0.147 e. The highest BCUT2D eigenvalue weighted by Crippen LogP contribution is 2.33. The van der Waals surface area contributed by atoms with E-state index in [-0.39, 0.29) is 6.10 Å². The minimum Gasteiger partial charge on any atom is -0.490 e. The second-order valence-corrected chi connectivity index (χ2v) is 15.7. The summed E-state index contributed by atoms with van der Waals surface area (Å²) in [5.74, 6) is 1.36. The number of rotatable bonds is 15. The average molecular weight is 879 g/mol. The summed E-state index contributed by atoms with van der Waals surface area (Å²) < 4.78 is 21.8. The highest BCUT2D eigenvalue weighted by atomic mass is 35.5. The Morgan fingerprint density at radius 3 is 2.02 bits per heavy atom. The van der Waals surface area contributed by atoms with Crippen LogP contribution in [0, 0.1) is 0 Å². The summed E-state index contributed by atoms with van der Waals surface area (Å²) in [4.78, 5) is 10.6. The number of allylic oxidation sites excluding steroid dienone is 1. The van der Waals surface area contributed by atoms with Gasteiger partial charge in [0.25, 0.3) is 0 Å². The number of benzene rings is 5. The molecule has 1 unspecified atom stereocenters. The van der Waals surface area contributed by atoms with Gasteiger partial charge in [0.2, 0.25) is 0 Å². The van der Waals surface area contributed by atoms with Crippen LogP contribution in [0.1, 0.15) is 29.7 Å². The van der Waals surface area contributed by atoms with Gasteiger partial charge in [0.15, 0.2) is 0 Å². The van der Waals surface area contributed by atoms with E-state index in [1.165, 1.54) is 9.79 Å². The minimum atomic E-state index is -0.220. The maximum absolute atomic E-state index is 6.45. The molecule has 7 aromatic rings. The minimum absolute atomic E-state index is 0.220. The fraction of sp³-hybridized carbons (Fsp3) is 0.136. The van der Waals surface area contributed by atoms with E-state index in [9.17, 15) is 0 Å². The molecule has 0 radical (unpaired) electrons. The van der Waals surface area contributed by atoms with Crippen molar-refractivity contribution < 1.29 is 14.2 Å². The second-order valence-electron chi connectivity index (χ2n) is 12.4. The molecule has 292 valence electrons. The molecule has 0 aliphatic carbocycles. The molecule has 5 aromatic carbocycles. The summed E-state index contributed by atoms with van der Waals surface area (Å²) in [5, 5.41) is 2.95. The standard InChI is InChI=1S/C24H20Cl2N2OS.C20H17Cl3N2O2/c25-19-8-11-22(23(26)14-19)24(15-28-13-12-27-17-28)29-16-18-6-9-21(10-7-18)30-20-4-2-1-3-5-20;1-14(25-9-8-24-13-25)20(18-7-4-16(22)12-19(18)23)27-11-10-26-17-5-2-15(21)3-6-17/h1-14,17,24H,15-16H2;2-9,12-13H,10-11H2,1H3/b;20-14-. The molecule has 0 saturated carbocycles. The van der Waals surface area contributed by atoms with Gasteiger partial charge in [-0.1, -0.05) is 106 Å². The van der Waals surface area contributed by atoms with Crippen LogP contribution in [0.15, 0.2) is 162 Å². The Hall–Kier alpha value is -4.38. The van der Waals surface area contributed by atoms with Crippen LogP contribution in [-0.4, -0.2) is 32.3 Å². The molecule has 0 fully saturated rings. The monoisotopic (exact) mass is 876 g/mol. The molecule has 2 aromatic heterocycles. The first kappa shape index (κ1) is 42.2. The van der Waals surface area contributed by atoms with Crippen molar-refractivity contribution >= 4 is 81.2 Å². The lowest BCUT2D eigenvalue weighted by Gasteiger charge is -2.20. The van der Waals surface area contributed by atoms with Gasteiger partial charge in [-0.2, -0.15) is 0 Å². The summed E-state index contributed by atoms with van der Waals surface area (Å²) in [6.45, 7) is 3.73. The maximum Gasteiger partial charge on any atom is 0.147 e. The summed E-state index contributed by atoms with van der Waals surface area (Å²) in [5.41, 5.74) is 3.61. The lowest BCUT2D eigenvalue weighted by atomic mass is 10.1. The first-order chi connectivity index (χ1) is 27.7. The van der Waals surface area contributed by atoms with Gasteiger partial charge in [-0.05, 0) is 91.3 Å². The average Bonchev–Trinajstić information content (AvgIpc) is 3.95. The Kier molecular flexibility index (Phi) is 15.9. The van der Waals surface area contributed by atoms with E-state index in [2.05, 4.69) is 46.4 Å². The molecule has 0 N–H and O–H groups in total. The number of aromatic nitrogens is 4. The molecule has 0 aliphatic rings. The van der Waals surface area contributed by atoms with Crippen molar-refractivity contribution in [3.05, 3.63) is 195 Å². The van der Waals surface area contributed by atoms with Crippen LogP contribution < -0.4 is 4.74 Å². The SMILES string of the molecule is C/C(=C(/OCCOc1ccc(Cl)cc1)c1ccc(Cl)cc1Cl)n1ccnc1.Clc1ccc(C(Cn2ccnc2)OCc2ccc(Sc3ccccc3)cc2)c(Cl)c1. The zero-order valence-corrected chi connectivity index (χ0v) is 35.2. The van der Waals surface area contributed by atoms with Crippen molar-refractivity contribution in [1.29, 1.82) is 0 Å². The first-order valence-electron chi connectivity index (χ1n) is 17.7. The van der Waals surface area contributed by atoms with Crippen molar-refractivity contribution in [3.63, 3.8) is 0 Å². The number of imidazole rings is 2. The number of hydrogen-bond donors (Lipinski definition) is 0. The number of nitrogens with zero attached hydrogens (tertiary/aromatic N) is 4. The number of ether oxygens (including phenoxy) is 3. The predicted molar refractivity (Wildman–Crippen MR) is 234 cm³/mol. The second kappa shape index (κ2) is 21.4. The van der Waals surface area contributed by atoms with E-state index in [1.807, 2.05) is 77.0 Å². The van der Waals surface area contributed by atoms with Crippen molar-refractivity contribution in [2.45, 2.75) is 36.0 Å². The molecule has 1 atom stereocenters. The highest BCUT2D eigenvalue weighted by Gasteiger charge is 2.18. The molecule has 0 bridgehead atoms. The van der Waals surface area contributed by atoms with Gasteiger partial charge in [-0.15, -0.1) is 0 Å². The van der Waals surface area contributed by atoms with Crippen LogP contribution in [-0.2, 0) is 22.6 Å². The largest absolute Gasteiger partial charge is 0.490 e. The van der Waals surface area contributed by atoms with Gasteiger partial charge in [0, 0.05) is 65.8 Å². The summed E-state index contributed by atoms with van der Waals surface area (Å²) in [6.07, 6.45) is 10.5. The quantitative estimate of drug-likeness (QED) is 0.0755. The Morgan fingerprint density at radius 2 is 1.35 bits per heavy atom. The van der Waals surface area contributed by atoms with Gasteiger partial charge < -0.3 is 23.3 Å². The molecule has 2 heterocycles. The van der Waals surface area contributed by atoms with Gasteiger partial charge in [0.05, 0.1) is 36.5 Å². The number of halogens is 5. The zero-order valence-electron chi connectivity index (χ0n) is 30.7. The van der Waals surface area contributed by atoms with Crippen LogP contribution in [0.25, 0.3) is 11.5 Å². The third kappa shape index (κ3) is 12.8. The molecular formula is C44H37Cl5N4O3S. The van der Waals surface area contributed by atoms with Crippen LogP contribution in [0.3, 0.4) is 0 Å². The van der Waals surface area contributed by atoms with Crippen LogP contribution >= 0.6 is 69.8 Å². The lowest BCUT2D eigenvalue weighted by Crippen LogP contribution is -2.12. The van der Waals surface area contributed by atoms with Crippen molar-refractivity contribution in [2.75, 3.05) is 13.2 Å². The first-order valence-corrected chi connectivity index (χ1v) is 20.4. The normalized spacial score (nSPS) is 12.0. The van der Waals surface area contributed by atoms with Crippen LogP contribution in [0.4, 0.5) is 0 Å². The van der Waals surface area contributed by atoms with Gasteiger partial charge >= 0.3 is 0 Å². The maximum atomic E-state index is 6.45. The fourth-order valence-electron chi connectivity index (χ4n) is 5.52. The van der Waals surface area contributed by atoms with E-state index in [0.29, 0.717) is 57.2 Å². The van der Waals surface area contributed by atoms with Gasteiger partial charge in [0.1, 0.15) is 30.8 Å². The molecular weight excluding hydrogens is 842 g/mol. The summed E-state index contributed by atoms with van der Waals surface area (Å²) in [6, 6.07) is 36.8. The van der Waals surface area contributed by atoms with Gasteiger partial charge in [-0.3, -0.25) is 0 Å². The highest BCUT2D eigenvalue weighted by molar-refractivity contribution is 7.99. The Labute approximate surface area is 361 Å². The van der Waals surface area contributed by atoms with Gasteiger partial charge in [-0.25, -0.2) is 9.97 Å². The van der Waals surface area contributed by atoms with E-state index in [1.54, 1.807) is 67.1 Å². The Morgan fingerprint density at radius 1 is 0.684 bits per heavy atom. The van der Waals surface area contributed by atoms with Crippen molar-refractivity contribution in [3.8, 4) is 5.75 Å². The molecule has 57 heavy (non-hydrogen) atoms. The van der Waals surface area contributed by atoms with E-state index < -0.39 is 0 Å². The molecule has 7 rings (SSSR count). The zero-order chi connectivity index (χ0) is 40.0. The topological polar surface area (TPSA) is 63.3 Å². The van der Waals surface area contributed by atoms with Crippen LogP contribution in [0.5, 0.6) is 5.75 Å². The third-order valence-corrected chi connectivity index (χ3v) is 10.8.